The van der Waals surface area contributed by atoms with Gasteiger partial charge in [-0.05, 0) is 56.1 Å². The van der Waals surface area contributed by atoms with Crippen molar-refractivity contribution in [2.75, 3.05) is 25.0 Å². The van der Waals surface area contributed by atoms with E-state index in [1.54, 1.807) is 24.3 Å². The van der Waals surface area contributed by atoms with Crippen LogP contribution in [-0.4, -0.2) is 42.5 Å². The molecule has 4 N–H and O–H groups in total. The van der Waals surface area contributed by atoms with E-state index in [4.69, 9.17) is 5.73 Å². The quantitative estimate of drug-likeness (QED) is 0.697. The highest BCUT2D eigenvalue weighted by molar-refractivity contribution is 5.95. The van der Waals surface area contributed by atoms with Crippen molar-refractivity contribution in [2.45, 2.75) is 25.8 Å². The summed E-state index contributed by atoms with van der Waals surface area (Å²) in [5, 5.41) is 5.53. The average molecular weight is 417 g/mol. The molecule has 6 nitrogen and oxygen atoms in total. The minimum atomic E-state index is -0.259. The van der Waals surface area contributed by atoms with Gasteiger partial charge in [0.25, 0.3) is 5.91 Å². The second-order valence-electron chi connectivity index (χ2n) is 7.55. The highest BCUT2D eigenvalue weighted by Gasteiger charge is 2.35. The summed E-state index contributed by atoms with van der Waals surface area (Å²) in [7, 11) is 0. The van der Waals surface area contributed by atoms with Crippen LogP contribution in [0.5, 0.6) is 0 Å². The van der Waals surface area contributed by atoms with Gasteiger partial charge >= 0.3 is 6.03 Å². The lowest BCUT2D eigenvalue weighted by atomic mass is 9.89. The Morgan fingerprint density at radius 1 is 1.07 bits per heavy atom. The fourth-order valence-electron chi connectivity index (χ4n) is 3.66. The molecule has 0 radical (unpaired) electrons. The van der Waals surface area contributed by atoms with Gasteiger partial charge in [0.2, 0.25) is 0 Å². The molecule has 0 spiro atoms. The van der Waals surface area contributed by atoms with Crippen molar-refractivity contribution >= 4 is 30.0 Å². The molecule has 0 bridgehead atoms. The zero-order chi connectivity index (χ0) is 20.1. The first-order valence-corrected chi connectivity index (χ1v) is 9.69. The van der Waals surface area contributed by atoms with Gasteiger partial charge in [0.15, 0.2) is 0 Å². The number of anilines is 1. The highest BCUT2D eigenvalue weighted by Crippen LogP contribution is 2.32. The van der Waals surface area contributed by atoms with Crippen LogP contribution in [0.15, 0.2) is 54.6 Å². The predicted octanol–water partition coefficient (Wildman–Crippen LogP) is 3.45. The van der Waals surface area contributed by atoms with Crippen molar-refractivity contribution in [1.82, 2.24) is 10.2 Å². The maximum absolute atomic E-state index is 12.9. The summed E-state index contributed by atoms with van der Waals surface area (Å²) < 4.78 is 0. The van der Waals surface area contributed by atoms with Gasteiger partial charge in [-0.25, -0.2) is 4.79 Å². The summed E-state index contributed by atoms with van der Waals surface area (Å²) in [5.74, 6) is 0.512. The summed E-state index contributed by atoms with van der Waals surface area (Å²) in [4.78, 5) is 26.6. The first-order chi connectivity index (χ1) is 13.5. The van der Waals surface area contributed by atoms with Gasteiger partial charge in [-0.15, -0.1) is 12.4 Å². The molecule has 0 unspecified atom stereocenters. The predicted molar refractivity (Wildman–Crippen MR) is 119 cm³/mol. The summed E-state index contributed by atoms with van der Waals surface area (Å²) >= 11 is 0. The smallest absolute Gasteiger partial charge is 0.319 e. The molecule has 1 aliphatic rings. The molecule has 0 aromatic heterocycles. The van der Waals surface area contributed by atoms with Crippen LogP contribution in [0.25, 0.3) is 0 Å². The van der Waals surface area contributed by atoms with Gasteiger partial charge in [0.05, 0.1) is 0 Å². The van der Waals surface area contributed by atoms with Crippen LogP contribution in [0, 0.1) is 5.92 Å². The number of amides is 3. The van der Waals surface area contributed by atoms with E-state index < -0.39 is 0 Å². The van der Waals surface area contributed by atoms with Crippen molar-refractivity contribution in [1.29, 1.82) is 0 Å². The number of halogens is 1. The van der Waals surface area contributed by atoms with E-state index in [9.17, 15) is 9.59 Å². The zero-order valence-electron chi connectivity index (χ0n) is 16.8. The summed E-state index contributed by atoms with van der Waals surface area (Å²) in [6.07, 6.45) is 0. The topological polar surface area (TPSA) is 87.5 Å². The number of hydrogen-bond donors (Lipinski definition) is 3. The van der Waals surface area contributed by atoms with Gasteiger partial charge in [-0.3, -0.25) is 4.79 Å². The molecular formula is C22H29ClN4O2. The molecule has 1 aliphatic heterocycles. The Hall–Kier alpha value is -2.57. The number of carbonyl (C=O) groups is 2. The van der Waals surface area contributed by atoms with E-state index in [2.05, 4.69) is 22.8 Å². The number of benzene rings is 2. The van der Waals surface area contributed by atoms with Gasteiger partial charge in [-0.2, -0.15) is 0 Å². The molecule has 156 valence electrons. The van der Waals surface area contributed by atoms with Crippen molar-refractivity contribution in [3.8, 4) is 0 Å². The molecule has 3 amide bonds. The first kappa shape index (κ1) is 22.7. The Bertz CT molecular complexity index is 811. The van der Waals surface area contributed by atoms with Crippen LogP contribution in [0.4, 0.5) is 10.5 Å². The van der Waals surface area contributed by atoms with Gasteiger partial charge in [0.1, 0.15) is 0 Å². The number of hydrogen-bond acceptors (Lipinski definition) is 3. The largest absolute Gasteiger partial charge is 0.338 e. The number of urea groups is 1. The lowest BCUT2D eigenvalue weighted by Crippen LogP contribution is -2.34. The lowest BCUT2D eigenvalue weighted by molar-refractivity contribution is 0.0786. The van der Waals surface area contributed by atoms with E-state index in [1.165, 1.54) is 5.56 Å². The van der Waals surface area contributed by atoms with Crippen LogP contribution in [0.1, 0.15) is 35.7 Å². The third kappa shape index (κ3) is 5.71. The molecule has 29 heavy (non-hydrogen) atoms. The molecule has 7 heteroatoms. The SMILES string of the molecule is CC(C)NC(=O)Nc1ccc(C(=O)N2C[C@@H](CN)[C@H](c3ccccc3)C2)cc1.Cl. The molecule has 1 heterocycles. The summed E-state index contributed by atoms with van der Waals surface area (Å²) in [5.41, 5.74) is 8.47. The number of nitrogens with one attached hydrogen (secondary N) is 2. The van der Waals surface area contributed by atoms with Gasteiger partial charge in [0, 0.05) is 36.3 Å². The van der Waals surface area contributed by atoms with Crippen molar-refractivity contribution in [3.63, 3.8) is 0 Å². The van der Waals surface area contributed by atoms with E-state index >= 15 is 0 Å². The zero-order valence-corrected chi connectivity index (χ0v) is 17.6. The molecule has 1 saturated heterocycles. The van der Waals surface area contributed by atoms with Crippen LogP contribution in [0.2, 0.25) is 0 Å². The first-order valence-electron chi connectivity index (χ1n) is 9.69. The molecule has 2 aromatic carbocycles. The molecule has 3 rings (SSSR count). The third-order valence-electron chi connectivity index (χ3n) is 5.07. The average Bonchev–Trinajstić information content (AvgIpc) is 3.12. The molecular weight excluding hydrogens is 388 g/mol. The molecule has 0 saturated carbocycles. The molecule has 1 fully saturated rings. The van der Waals surface area contributed by atoms with Crippen molar-refractivity contribution in [2.24, 2.45) is 11.7 Å². The van der Waals surface area contributed by atoms with E-state index in [-0.39, 0.29) is 42.2 Å². The van der Waals surface area contributed by atoms with Crippen molar-refractivity contribution < 1.29 is 9.59 Å². The second kappa shape index (κ2) is 10.3. The Morgan fingerprint density at radius 2 is 1.72 bits per heavy atom. The van der Waals surface area contributed by atoms with Crippen molar-refractivity contribution in [3.05, 3.63) is 65.7 Å². The van der Waals surface area contributed by atoms with E-state index in [1.807, 2.05) is 36.9 Å². The summed E-state index contributed by atoms with van der Waals surface area (Å²) in [6, 6.07) is 17.0. The normalized spacial score (nSPS) is 18.3. The lowest BCUT2D eigenvalue weighted by Gasteiger charge is -2.17. The number of rotatable bonds is 5. The molecule has 2 aromatic rings. The maximum Gasteiger partial charge on any atom is 0.319 e. The van der Waals surface area contributed by atoms with E-state index in [0.717, 1.165) is 0 Å². The van der Waals surface area contributed by atoms with E-state index in [0.29, 0.717) is 30.9 Å². The molecule has 0 aliphatic carbocycles. The maximum atomic E-state index is 12.9. The third-order valence-corrected chi connectivity index (χ3v) is 5.07. The Kier molecular flexibility index (Phi) is 8.05. The number of likely N-dealkylation sites (tertiary alicyclic amines) is 1. The Balaban J connectivity index is 0.00000300. The number of nitrogens with zero attached hydrogens (tertiary/aromatic N) is 1. The van der Waals surface area contributed by atoms with Crippen LogP contribution in [-0.2, 0) is 0 Å². The summed E-state index contributed by atoms with van der Waals surface area (Å²) in [6.45, 7) is 5.67. The fraction of sp³-hybridized carbons (Fsp3) is 0.364. The minimum absolute atomic E-state index is 0. The van der Waals surface area contributed by atoms with Crippen LogP contribution >= 0.6 is 12.4 Å². The number of carbonyl (C=O) groups excluding carboxylic acids is 2. The standard InChI is InChI=1S/C22H28N4O2.ClH/c1-15(2)24-22(28)25-19-10-8-17(9-11-19)21(27)26-13-18(12-23)20(14-26)16-6-4-3-5-7-16;/h3-11,15,18,20H,12-14,23H2,1-2H3,(H2,24,25,28);1H/t18-,20+;/m1./s1. The van der Waals surface area contributed by atoms with Gasteiger partial charge in [-0.1, -0.05) is 30.3 Å². The Labute approximate surface area is 178 Å². The Morgan fingerprint density at radius 3 is 2.31 bits per heavy atom. The van der Waals surface area contributed by atoms with Gasteiger partial charge < -0.3 is 21.3 Å². The molecule has 2 atom stereocenters. The second-order valence-corrected chi connectivity index (χ2v) is 7.55. The highest BCUT2D eigenvalue weighted by atomic mass is 35.5. The fourth-order valence-corrected chi connectivity index (χ4v) is 3.66. The monoisotopic (exact) mass is 416 g/mol. The van der Waals surface area contributed by atoms with Crippen LogP contribution < -0.4 is 16.4 Å². The number of nitrogens with two attached hydrogens (primary N) is 1. The van der Waals surface area contributed by atoms with Crippen LogP contribution in [0.3, 0.4) is 0 Å². The minimum Gasteiger partial charge on any atom is -0.338 e.